The number of fused-ring (bicyclic) bond motifs is 1. The fraction of sp³-hybridized carbons (Fsp3) is 0.350. The minimum atomic E-state index is 0.143. The molecule has 0 fully saturated rings. The Kier molecular flexibility index (Phi) is 4.37. The second-order valence-electron chi connectivity index (χ2n) is 5.97. The molecule has 0 spiro atoms. The van der Waals surface area contributed by atoms with E-state index in [2.05, 4.69) is 37.3 Å². The summed E-state index contributed by atoms with van der Waals surface area (Å²) in [6, 6.07) is 14.7. The Morgan fingerprint density at radius 1 is 1.22 bits per heavy atom. The summed E-state index contributed by atoms with van der Waals surface area (Å²) in [5.41, 5.74) is 5.10. The van der Waals surface area contributed by atoms with Crippen LogP contribution in [0.25, 0.3) is 11.1 Å². The zero-order valence-electron chi connectivity index (χ0n) is 14.0. The second kappa shape index (κ2) is 6.45. The van der Waals surface area contributed by atoms with Crippen molar-refractivity contribution < 1.29 is 9.53 Å². The predicted octanol–water partition coefficient (Wildman–Crippen LogP) is 4.22. The second-order valence-corrected chi connectivity index (χ2v) is 5.97. The maximum absolute atomic E-state index is 12.1. The van der Waals surface area contributed by atoms with Gasteiger partial charge in [0, 0.05) is 13.0 Å². The maximum Gasteiger partial charge on any atom is 0.222 e. The number of ether oxygens (including phenoxy) is 1. The van der Waals surface area contributed by atoms with Gasteiger partial charge >= 0.3 is 0 Å². The van der Waals surface area contributed by atoms with Crippen molar-refractivity contribution in [3.8, 4) is 16.9 Å². The first-order valence-electron chi connectivity index (χ1n) is 8.21. The van der Waals surface area contributed by atoms with Crippen molar-refractivity contribution in [2.24, 2.45) is 0 Å². The SMILES string of the molecule is CCC(=O)N1CCc2c(-c3ccc(OC)cc3)cccc2[C@H]1C. The first-order valence-corrected chi connectivity index (χ1v) is 8.21. The third kappa shape index (κ3) is 2.83. The van der Waals surface area contributed by atoms with Crippen molar-refractivity contribution in [1.29, 1.82) is 0 Å². The van der Waals surface area contributed by atoms with Gasteiger partial charge in [-0.15, -0.1) is 0 Å². The van der Waals surface area contributed by atoms with Crippen LogP contribution in [0.15, 0.2) is 42.5 Å². The number of carbonyl (C=O) groups excluding carboxylic acids is 1. The van der Waals surface area contributed by atoms with Gasteiger partial charge in [-0.3, -0.25) is 4.79 Å². The fourth-order valence-electron chi connectivity index (χ4n) is 3.45. The standard InChI is InChI=1S/C20H23NO2/c1-4-20(22)21-13-12-19-17(14(21)2)6-5-7-18(19)15-8-10-16(23-3)11-9-15/h5-11,14H,4,12-13H2,1-3H3/t14-/m1/s1. The number of carbonyl (C=O) groups is 1. The van der Waals surface area contributed by atoms with Gasteiger partial charge in [0.1, 0.15) is 5.75 Å². The smallest absolute Gasteiger partial charge is 0.222 e. The lowest BCUT2D eigenvalue weighted by atomic mass is 9.87. The number of methoxy groups -OCH3 is 1. The number of hydrogen-bond acceptors (Lipinski definition) is 2. The van der Waals surface area contributed by atoms with Gasteiger partial charge in [0.25, 0.3) is 0 Å². The van der Waals surface area contributed by atoms with Crippen LogP contribution < -0.4 is 4.74 Å². The molecule has 1 aliphatic rings. The lowest BCUT2D eigenvalue weighted by Crippen LogP contribution is -2.38. The molecule has 3 rings (SSSR count). The van der Waals surface area contributed by atoms with Gasteiger partial charge < -0.3 is 9.64 Å². The number of rotatable bonds is 3. The molecule has 1 heterocycles. The summed E-state index contributed by atoms with van der Waals surface area (Å²) < 4.78 is 5.24. The average Bonchev–Trinajstić information content (AvgIpc) is 2.61. The number of nitrogens with zero attached hydrogens (tertiary/aromatic N) is 1. The van der Waals surface area contributed by atoms with E-state index >= 15 is 0 Å². The van der Waals surface area contributed by atoms with Gasteiger partial charge in [-0.2, -0.15) is 0 Å². The molecule has 0 aromatic heterocycles. The normalized spacial score (nSPS) is 16.8. The monoisotopic (exact) mass is 309 g/mol. The first-order chi connectivity index (χ1) is 11.2. The number of benzene rings is 2. The number of hydrogen-bond donors (Lipinski definition) is 0. The average molecular weight is 309 g/mol. The van der Waals surface area contributed by atoms with Crippen LogP contribution in [0.1, 0.15) is 37.4 Å². The Balaban J connectivity index is 2.00. The largest absolute Gasteiger partial charge is 0.497 e. The van der Waals surface area contributed by atoms with Crippen molar-refractivity contribution in [1.82, 2.24) is 4.90 Å². The summed E-state index contributed by atoms with van der Waals surface area (Å²) >= 11 is 0. The molecule has 0 bridgehead atoms. The molecule has 1 aliphatic heterocycles. The van der Waals surface area contributed by atoms with Crippen LogP contribution in [0.5, 0.6) is 5.75 Å². The molecule has 3 heteroatoms. The summed E-state index contributed by atoms with van der Waals surface area (Å²) in [5.74, 6) is 1.10. The van der Waals surface area contributed by atoms with E-state index in [-0.39, 0.29) is 11.9 Å². The van der Waals surface area contributed by atoms with Gasteiger partial charge in [0.2, 0.25) is 5.91 Å². The van der Waals surface area contributed by atoms with E-state index in [1.165, 1.54) is 22.3 Å². The lowest BCUT2D eigenvalue weighted by Gasteiger charge is -2.36. The summed E-state index contributed by atoms with van der Waals surface area (Å²) in [4.78, 5) is 14.1. The van der Waals surface area contributed by atoms with Gasteiger partial charge in [-0.05, 0) is 47.7 Å². The summed E-state index contributed by atoms with van der Waals surface area (Å²) in [5, 5.41) is 0. The fourth-order valence-corrected chi connectivity index (χ4v) is 3.45. The maximum atomic E-state index is 12.1. The van der Waals surface area contributed by atoms with Crippen molar-refractivity contribution >= 4 is 5.91 Å². The van der Waals surface area contributed by atoms with Crippen molar-refractivity contribution in [2.75, 3.05) is 13.7 Å². The molecule has 0 saturated heterocycles. The lowest BCUT2D eigenvalue weighted by molar-refractivity contribution is -0.133. The molecule has 1 atom stereocenters. The molecule has 0 radical (unpaired) electrons. The summed E-state index contributed by atoms with van der Waals surface area (Å²) in [6.45, 7) is 4.86. The Labute approximate surface area is 137 Å². The van der Waals surface area contributed by atoms with Crippen LogP contribution in [-0.2, 0) is 11.2 Å². The quantitative estimate of drug-likeness (QED) is 0.849. The van der Waals surface area contributed by atoms with Crippen LogP contribution in [0, 0.1) is 0 Å². The zero-order valence-corrected chi connectivity index (χ0v) is 14.0. The molecular weight excluding hydrogens is 286 g/mol. The minimum Gasteiger partial charge on any atom is -0.497 e. The molecule has 120 valence electrons. The van der Waals surface area contributed by atoms with Crippen LogP contribution in [0.2, 0.25) is 0 Å². The topological polar surface area (TPSA) is 29.5 Å². The van der Waals surface area contributed by atoms with E-state index in [9.17, 15) is 4.79 Å². The van der Waals surface area contributed by atoms with Crippen LogP contribution >= 0.6 is 0 Å². The Morgan fingerprint density at radius 3 is 2.61 bits per heavy atom. The molecular formula is C20H23NO2. The van der Waals surface area contributed by atoms with E-state index < -0.39 is 0 Å². The summed E-state index contributed by atoms with van der Waals surface area (Å²) in [7, 11) is 1.68. The molecule has 1 amide bonds. The molecule has 0 N–H and O–H groups in total. The molecule has 3 nitrogen and oxygen atoms in total. The van der Waals surface area contributed by atoms with Crippen molar-refractivity contribution in [3.63, 3.8) is 0 Å². The highest BCUT2D eigenvalue weighted by molar-refractivity contribution is 5.78. The molecule has 23 heavy (non-hydrogen) atoms. The Morgan fingerprint density at radius 2 is 1.96 bits per heavy atom. The van der Waals surface area contributed by atoms with Gasteiger partial charge in [-0.25, -0.2) is 0 Å². The van der Waals surface area contributed by atoms with Crippen LogP contribution in [-0.4, -0.2) is 24.5 Å². The zero-order chi connectivity index (χ0) is 16.4. The van der Waals surface area contributed by atoms with Gasteiger partial charge in [-0.1, -0.05) is 37.3 Å². The molecule has 0 saturated carbocycles. The highest BCUT2D eigenvalue weighted by Crippen LogP contribution is 2.36. The van der Waals surface area contributed by atoms with E-state index in [1.807, 2.05) is 24.0 Å². The minimum absolute atomic E-state index is 0.143. The van der Waals surface area contributed by atoms with Gasteiger partial charge in [0.15, 0.2) is 0 Å². The van der Waals surface area contributed by atoms with E-state index in [0.717, 1.165) is 18.7 Å². The molecule has 0 aliphatic carbocycles. The van der Waals surface area contributed by atoms with Crippen molar-refractivity contribution in [2.45, 2.75) is 32.7 Å². The van der Waals surface area contributed by atoms with E-state index in [4.69, 9.17) is 4.74 Å². The van der Waals surface area contributed by atoms with Crippen LogP contribution in [0.3, 0.4) is 0 Å². The van der Waals surface area contributed by atoms with Gasteiger partial charge in [0.05, 0.1) is 13.2 Å². The first kappa shape index (κ1) is 15.6. The Hall–Kier alpha value is -2.29. The van der Waals surface area contributed by atoms with Crippen molar-refractivity contribution in [3.05, 3.63) is 53.6 Å². The summed E-state index contributed by atoms with van der Waals surface area (Å²) in [6.07, 6.45) is 1.48. The highest BCUT2D eigenvalue weighted by Gasteiger charge is 2.28. The third-order valence-electron chi connectivity index (χ3n) is 4.76. The molecule has 2 aromatic rings. The van der Waals surface area contributed by atoms with E-state index in [0.29, 0.717) is 6.42 Å². The Bertz CT molecular complexity index is 706. The molecule has 2 aromatic carbocycles. The predicted molar refractivity (Wildman–Crippen MR) is 92.6 cm³/mol. The number of amides is 1. The highest BCUT2D eigenvalue weighted by atomic mass is 16.5. The molecule has 0 unspecified atom stereocenters. The van der Waals surface area contributed by atoms with Crippen LogP contribution in [0.4, 0.5) is 0 Å². The third-order valence-corrected chi connectivity index (χ3v) is 4.76. The van der Waals surface area contributed by atoms with E-state index in [1.54, 1.807) is 7.11 Å².